The van der Waals surface area contributed by atoms with E-state index >= 15 is 0 Å². The van der Waals surface area contributed by atoms with E-state index in [9.17, 15) is 14.4 Å². The molecule has 0 saturated carbocycles. The van der Waals surface area contributed by atoms with E-state index in [2.05, 4.69) is 15.2 Å². The minimum absolute atomic E-state index is 0.0132. The van der Waals surface area contributed by atoms with Crippen LogP contribution in [0.5, 0.6) is 0 Å². The summed E-state index contributed by atoms with van der Waals surface area (Å²) in [5.41, 5.74) is 5.58. The van der Waals surface area contributed by atoms with E-state index in [0.717, 1.165) is 46.2 Å². The summed E-state index contributed by atoms with van der Waals surface area (Å²) < 4.78 is 6.05. The number of amides is 3. The van der Waals surface area contributed by atoms with Gasteiger partial charge in [0.05, 0.1) is 6.10 Å². The molecular formula is C38H44ClN5O4. The van der Waals surface area contributed by atoms with E-state index in [4.69, 9.17) is 16.3 Å². The fourth-order valence-electron chi connectivity index (χ4n) is 7.00. The minimum atomic E-state index is -0.809. The zero-order valence-corrected chi connectivity index (χ0v) is 28.6. The molecule has 0 radical (unpaired) electrons. The summed E-state index contributed by atoms with van der Waals surface area (Å²) in [6, 6.07) is 20.4. The number of carbonyl (C=O) groups is 3. The van der Waals surface area contributed by atoms with Crippen LogP contribution in [0, 0.1) is 12.8 Å². The predicted molar refractivity (Wildman–Crippen MR) is 190 cm³/mol. The molecule has 48 heavy (non-hydrogen) atoms. The summed E-state index contributed by atoms with van der Waals surface area (Å²) in [7, 11) is 4.07. The molecule has 2 aliphatic rings. The van der Waals surface area contributed by atoms with Crippen molar-refractivity contribution in [1.82, 2.24) is 20.1 Å². The maximum Gasteiger partial charge on any atom is 0.253 e. The minimum Gasteiger partial charge on any atom is -0.368 e. The molecule has 1 aromatic heterocycles. The number of halogens is 1. The summed E-state index contributed by atoms with van der Waals surface area (Å²) in [6.45, 7) is 4.32. The van der Waals surface area contributed by atoms with Gasteiger partial charge in [0.15, 0.2) is 0 Å². The lowest BCUT2D eigenvalue weighted by molar-refractivity contribution is -0.132. The number of rotatable bonds is 10. The lowest BCUT2D eigenvalue weighted by atomic mass is 9.91. The van der Waals surface area contributed by atoms with Crippen LogP contribution in [0.4, 0.5) is 5.69 Å². The Bertz CT molecular complexity index is 1760. The first-order valence-electron chi connectivity index (χ1n) is 16.7. The van der Waals surface area contributed by atoms with Gasteiger partial charge in [-0.05, 0) is 93.7 Å². The molecule has 6 rings (SSSR count). The average Bonchev–Trinajstić information content (AvgIpc) is 3.49. The van der Waals surface area contributed by atoms with Crippen molar-refractivity contribution in [2.24, 2.45) is 5.92 Å². The van der Waals surface area contributed by atoms with Gasteiger partial charge in [-0.2, -0.15) is 0 Å². The first kappa shape index (κ1) is 33.7. The zero-order valence-electron chi connectivity index (χ0n) is 27.9. The molecule has 3 heterocycles. The molecule has 4 aromatic rings. The number of piperidine rings is 1. The highest BCUT2D eigenvalue weighted by Crippen LogP contribution is 2.33. The number of nitrogens with zero attached hydrogens (tertiary/aromatic N) is 3. The zero-order chi connectivity index (χ0) is 33.8. The van der Waals surface area contributed by atoms with Gasteiger partial charge >= 0.3 is 0 Å². The molecule has 1 saturated heterocycles. The van der Waals surface area contributed by atoms with Crippen LogP contribution in [0.2, 0.25) is 5.02 Å². The molecule has 9 nitrogen and oxygen atoms in total. The van der Waals surface area contributed by atoms with Crippen LogP contribution in [0.1, 0.15) is 39.9 Å². The van der Waals surface area contributed by atoms with Crippen molar-refractivity contribution >= 4 is 45.9 Å². The molecule has 3 amide bonds. The van der Waals surface area contributed by atoms with Crippen LogP contribution >= 0.6 is 11.6 Å². The number of benzene rings is 3. The summed E-state index contributed by atoms with van der Waals surface area (Å²) in [4.78, 5) is 50.0. The molecule has 1 fully saturated rings. The molecular weight excluding hydrogens is 626 g/mol. The number of carbonyl (C=O) groups excluding carboxylic acids is 3. The van der Waals surface area contributed by atoms with Gasteiger partial charge in [-0.15, -0.1) is 0 Å². The van der Waals surface area contributed by atoms with E-state index in [0.29, 0.717) is 49.5 Å². The van der Waals surface area contributed by atoms with Crippen molar-refractivity contribution < 1.29 is 19.1 Å². The highest BCUT2D eigenvalue weighted by atomic mass is 35.5. The normalized spacial score (nSPS) is 17.4. The first-order valence-corrected chi connectivity index (χ1v) is 17.1. The molecule has 0 aliphatic carbocycles. The number of fused-ring (bicyclic) bond motifs is 2. The Balaban J connectivity index is 1.14. The van der Waals surface area contributed by atoms with Crippen LogP contribution in [-0.2, 0) is 27.2 Å². The second-order valence-electron chi connectivity index (χ2n) is 13.4. The average molecular weight is 670 g/mol. The molecule has 2 atom stereocenters. The molecule has 0 bridgehead atoms. The van der Waals surface area contributed by atoms with Crippen LogP contribution in [0.15, 0.2) is 72.9 Å². The Kier molecular flexibility index (Phi) is 10.5. The lowest BCUT2D eigenvalue weighted by Gasteiger charge is -2.37. The Morgan fingerprint density at radius 3 is 2.54 bits per heavy atom. The monoisotopic (exact) mass is 669 g/mol. The number of anilines is 1. The molecule has 3 aromatic carbocycles. The quantitative estimate of drug-likeness (QED) is 0.241. The Hall–Kier alpha value is -4.18. The highest BCUT2D eigenvalue weighted by molar-refractivity contribution is 6.30. The summed E-state index contributed by atoms with van der Waals surface area (Å²) in [5, 5.41) is 4.69. The highest BCUT2D eigenvalue weighted by Gasteiger charge is 2.34. The smallest absolute Gasteiger partial charge is 0.253 e. The van der Waals surface area contributed by atoms with Crippen LogP contribution < -0.4 is 10.2 Å². The lowest BCUT2D eigenvalue weighted by Crippen LogP contribution is -2.54. The van der Waals surface area contributed by atoms with Crippen molar-refractivity contribution in [3.05, 3.63) is 100 Å². The van der Waals surface area contributed by atoms with Crippen molar-refractivity contribution in [3.8, 4) is 0 Å². The predicted octanol–water partition coefficient (Wildman–Crippen LogP) is 5.25. The summed E-state index contributed by atoms with van der Waals surface area (Å²) >= 11 is 6.39. The number of hydrogen-bond acceptors (Lipinski definition) is 5. The Morgan fingerprint density at radius 2 is 1.79 bits per heavy atom. The van der Waals surface area contributed by atoms with Gasteiger partial charge in [0.1, 0.15) is 12.6 Å². The molecule has 0 unspecified atom stereocenters. The van der Waals surface area contributed by atoms with Crippen LogP contribution in [0.25, 0.3) is 10.9 Å². The number of hydrogen-bond donors (Lipinski definition) is 2. The van der Waals surface area contributed by atoms with Gasteiger partial charge in [0.25, 0.3) is 5.91 Å². The number of aromatic nitrogens is 1. The number of aromatic amines is 1. The van der Waals surface area contributed by atoms with Gasteiger partial charge in [0.2, 0.25) is 11.8 Å². The van der Waals surface area contributed by atoms with E-state index in [1.54, 1.807) is 0 Å². The second kappa shape index (κ2) is 14.9. The third-order valence-electron chi connectivity index (χ3n) is 9.38. The molecule has 2 aliphatic heterocycles. The second-order valence-corrected chi connectivity index (χ2v) is 13.8. The SMILES string of the molecule is Cc1ccc(C(=O)N2CCC(OCC(=O)N[C@H](Cc3c[nH]c4ccccc34)C(=O)N3C[C@@H](CN(C)C)Cc4cc(Cl)ccc43)CC2)cc1. The van der Waals surface area contributed by atoms with E-state index in [1.807, 2.05) is 104 Å². The van der Waals surface area contributed by atoms with Crippen LogP contribution in [-0.4, -0.2) is 91.5 Å². The fourth-order valence-corrected chi connectivity index (χ4v) is 7.20. The Morgan fingerprint density at radius 1 is 1.04 bits per heavy atom. The van der Waals surface area contributed by atoms with E-state index in [-0.39, 0.29) is 36.4 Å². The topological polar surface area (TPSA) is 98.0 Å². The maximum absolute atomic E-state index is 14.5. The van der Waals surface area contributed by atoms with Gasteiger partial charge < -0.3 is 29.7 Å². The van der Waals surface area contributed by atoms with E-state index < -0.39 is 6.04 Å². The first-order chi connectivity index (χ1) is 23.1. The third-order valence-corrected chi connectivity index (χ3v) is 9.62. The van der Waals surface area contributed by atoms with Gasteiger partial charge in [-0.25, -0.2) is 0 Å². The van der Waals surface area contributed by atoms with Gasteiger partial charge in [-0.3, -0.25) is 14.4 Å². The molecule has 10 heteroatoms. The molecule has 2 N–H and O–H groups in total. The van der Waals surface area contributed by atoms with Crippen molar-refractivity contribution in [2.75, 3.05) is 51.8 Å². The molecule has 0 spiro atoms. The fraction of sp³-hybridized carbons (Fsp3) is 0.395. The Labute approximate surface area is 287 Å². The summed E-state index contributed by atoms with van der Waals surface area (Å²) in [6.07, 6.45) is 4.20. The third kappa shape index (κ3) is 7.92. The largest absolute Gasteiger partial charge is 0.368 e. The van der Waals surface area contributed by atoms with E-state index in [1.165, 1.54) is 0 Å². The maximum atomic E-state index is 14.5. The number of H-pyrrole nitrogens is 1. The molecule has 252 valence electrons. The standard InChI is InChI=1S/C38H44ClN5O4/c1-25-8-10-27(11-9-25)37(46)43-16-14-31(15-17-43)48-24-36(45)41-34(20-29-21-40-33-7-5-4-6-32(29)33)38(47)44-23-26(22-42(2)3)18-28-19-30(39)12-13-35(28)44/h4-13,19,21,26,31,34,40H,14-18,20,22-24H2,1-3H3,(H,41,45)/t26-,34-/m1/s1. The number of ether oxygens (including phenoxy) is 1. The van der Waals surface area contributed by atoms with Gasteiger partial charge in [0, 0.05) is 66.0 Å². The van der Waals surface area contributed by atoms with Crippen molar-refractivity contribution in [3.63, 3.8) is 0 Å². The number of para-hydroxylation sites is 1. The number of likely N-dealkylation sites (tertiary alicyclic amines) is 1. The van der Waals surface area contributed by atoms with Crippen molar-refractivity contribution in [2.45, 2.75) is 44.8 Å². The number of aryl methyl sites for hydroxylation is 1. The van der Waals surface area contributed by atoms with Crippen molar-refractivity contribution in [1.29, 1.82) is 0 Å². The van der Waals surface area contributed by atoms with Crippen LogP contribution in [0.3, 0.4) is 0 Å². The summed E-state index contributed by atoms with van der Waals surface area (Å²) in [5.74, 6) is -0.279. The van der Waals surface area contributed by atoms with Gasteiger partial charge in [-0.1, -0.05) is 47.5 Å². The number of nitrogens with one attached hydrogen (secondary N) is 2.